The lowest BCUT2D eigenvalue weighted by Crippen LogP contribution is -2.52. The molecule has 38 heavy (non-hydrogen) atoms. The standard InChI is InChI=1S/C31H39N3O4/c1-5-22-7-9-24(10-8-22)28-30(38)34(31(33-28)18-20(3)17-21(4)19-31)26(6-2)23-11-13-25(14-12-23)29(37)32-16-15-27(35)36/h7-14,20-21,26H,5-6,15-19H2,1-4H3,(H,32,37)(H,35,36). The van der Waals surface area contributed by atoms with E-state index < -0.39 is 11.6 Å². The monoisotopic (exact) mass is 517 g/mol. The van der Waals surface area contributed by atoms with Crippen LogP contribution < -0.4 is 5.32 Å². The molecule has 1 heterocycles. The van der Waals surface area contributed by atoms with Gasteiger partial charge in [0.05, 0.1) is 12.5 Å². The zero-order valence-corrected chi connectivity index (χ0v) is 22.9. The molecule has 1 aliphatic heterocycles. The number of hydrogen-bond donors (Lipinski definition) is 2. The van der Waals surface area contributed by atoms with Crippen LogP contribution in [0.25, 0.3) is 0 Å². The van der Waals surface area contributed by atoms with Crippen LogP contribution in [0, 0.1) is 11.8 Å². The zero-order valence-electron chi connectivity index (χ0n) is 22.9. The Morgan fingerprint density at radius 1 is 1.05 bits per heavy atom. The van der Waals surface area contributed by atoms with Crippen LogP contribution in [-0.4, -0.2) is 45.7 Å². The number of nitrogens with one attached hydrogen (secondary N) is 1. The highest BCUT2D eigenvalue weighted by molar-refractivity contribution is 6.46. The Hall–Kier alpha value is -3.48. The minimum Gasteiger partial charge on any atom is -0.481 e. The van der Waals surface area contributed by atoms with Crippen molar-refractivity contribution < 1.29 is 19.5 Å². The van der Waals surface area contributed by atoms with Crippen molar-refractivity contribution in [1.82, 2.24) is 10.2 Å². The van der Waals surface area contributed by atoms with Crippen LogP contribution in [0.2, 0.25) is 0 Å². The molecule has 2 aromatic carbocycles. The van der Waals surface area contributed by atoms with Crippen molar-refractivity contribution in [3.05, 3.63) is 70.8 Å². The van der Waals surface area contributed by atoms with Crippen LogP contribution in [0.3, 0.4) is 0 Å². The van der Waals surface area contributed by atoms with Crippen LogP contribution in [0.1, 0.15) is 92.9 Å². The van der Waals surface area contributed by atoms with Crippen molar-refractivity contribution in [1.29, 1.82) is 0 Å². The van der Waals surface area contributed by atoms with Crippen molar-refractivity contribution in [3.63, 3.8) is 0 Å². The summed E-state index contributed by atoms with van der Waals surface area (Å²) < 4.78 is 0. The molecular formula is C31H39N3O4. The summed E-state index contributed by atoms with van der Waals surface area (Å²) in [6.45, 7) is 8.78. The van der Waals surface area contributed by atoms with Gasteiger partial charge >= 0.3 is 5.97 Å². The second-order valence-electron chi connectivity index (χ2n) is 11.0. The van der Waals surface area contributed by atoms with E-state index in [-0.39, 0.29) is 30.8 Å². The van der Waals surface area contributed by atoms with E-state index in [4.69, 9.17) is 10.1 Å². The molecule has 2 N–H and O–H groups in total. The number of benzene rings is 2. The number of carbonyl (C=O) groups excluding carboxylic acids is 2. The van der Waals surface area contributed by atoms with Crippen molar-refractivity contribution in [3.8, 4) is 0 Å². The highest BCUT2D eigenvalue weighted by Gasteiger charge is 2.52. The van der Waals surface area contributed by atoms with Gasteiger partial charge in [0.15, 0.2) is 0 Å². The molecule has 1 saturated carbocycles. The molecule has 0 bridgehead atoms. The third-order valence-corrected chi connectivity index (χ3v) is 7.86. The SMILES string of the molecule is CCc1ccc(C2=NC3(CC(C)CC(C)C3)N(C(CC)c3ccc(C(=O)NCCC(=O)O)cc3)C2=O)cc1. The summed E-state index contributed by atoms with van der Waals surface area (Å²) in [6.07, 6.45) is 4.33. The van der Waals surface area contributed by atoms with Crippen molar-refractivity contribution in [2.45, 2.75) is 77.9 Å². The Kier molecular flexibility index (Phi) is 8.34. The van der Waals surface area contributed by atoms with Gasteiger partial charge < -0.3 is 15.3 Å². The first-order valence-corrected chi connectivity index (χ1v) is 13.8. The number of hydrogen-bond acceptors (Lipinski definition) is 4. The van der Waals surface area contributed by atoms with Crippen molar-refractivity contribution in [2.75, 3.05) is 6.54 Å². The summed E-state index contributed by atoms with van der Waals surface area (Å²) in [6, 6.07) is 15.3. The molecule has 1 fully saturated rings. The molecule has 4 rings (SSSR count). The molecule has 3 unspecified atom stereocenters. The van der Waals surface area contributed by atoms with Crippen molar-refractivity contribution in [2.24, 2.45) is 16.8 Å². The molecule has 1 aliphatic carbocycles. The number of carboxylic acids is 1. The quantitative estimate of drug-likeness (QED) is 0.466. The molecule has 0 radical (unpaired) electrons. The first-order chi connectivity index (χ1) is 18.2. The Balaban J connectivity index is 1.66. The fourth-order valence-corrected chi connectivity index (χ4v) is 6.28. The van der Waals surface area contributed by atoms with Crippen molar-refractivity contribution >= 4 is 23.5 Å². The number of amides is 2. The topological polar surface area (TPSA) is 99.1 Å². The van der Waals surface area contributed by atoms with Gasteiger partial charge in [-0.2, -0.15) is 0 Å². The molecule has 2 aliphatic rings. The number of nitrogens with zero attached hydrogens (tertiary/aromatic N) is 2. The Morgan fingerprint density at radius 2 is 1.68 bits per heavy atom. The minimum absolute atomic E-state index is 0.0297. The second kappa shape index (κ2) is 11.5. The number of aliphatic carboxylic acids is 1. The Bertz CT molecular complexity index is 1190. The smallest absolute Gasteiger partial charge is 0.305 e. The molecule has 3 atom stereocenters. The lowest BCUT2D eigenvalue weighted by Gasteiger charge is -2.47. The van der Waals surface area contributed by atoms with E-state index in [1.807, 2.05) is 29.2 Å². The van der Waals surface area contributed by atoms with Crippen LogP contribution >= 0.6 is 0 Å². The van der Waals surface area contributed by atoms with Gasteiger partial charge in [0.2, 0.25) is 0 Å². The molecule has 1 spiro atoms. The van der Waals surface area contributed by atoms with E-state index in [9.17, 15) is 14.4 Å². The normalized spacial score (nSPS) is 23.8. The average molecular weight is 518 g/mol. The highest BCUT2D eigenvalue weighted by atomic mass is 16.4. The maximum Gasteiger partial charge on any atom is 0.305 e. The molecule has 7 heteroatoms. The molecule has 0 saturated heterocycles. The Labute approximate surface area is 225 Å². The van der Waals surface area contributed by atoms with Gasteiger partial charge in [-0.25, -0.2) is 0 Å². The first kappa shape index (κ1) is 27.6. The van der Waals surface area contributed by atoms with Gasteiger partial charge in [0.25, 0.3) is 11.8 Å². The summed E-state index contributed by atoms with van der Waals surface area (Å²) in [5, 5.41) is 11.4. The number of aryl methyl sites for hydroxylation is 1. The lowest BCUT2D eigenvalue weighted by molar-refractivity contribution is -0.137. The van der Waals surface area contributed by atoms with E-state index >= 15 is 0 Å². The summed E-state index contributed by atoms with van der Waals surface area (Å²) in [5.74, 6) is -0.388. The molecule has 0 aromatic heterocycles. The van der Waals surface area contributed by atoms with Crippen LogP contribution in [0.5, 0.6) is 0 Å². The fraction of sp³-hybridized carbons (Fsp3) is 0.484. The molecule has 2 amide bonds. The second-order valence-corrected chi connectivity index (χ2v) is 11.0. The van der Waals surface area contributed by atoms with E-state index in [0.29, 0.717) is 23.1 Å². The summed E-state index contributed by atoms with van der Waals surface area (Å²) in [5.41, 5.74) is 3.48. The molecule has 7 nitrogen and oxygen atoms in total. The third kappa shape index (κ3) is 5.66. The number of rotatable bonds is 9. The minimum atomic E-state index is -0.954. The predicted octanol–water partition coefficient (Wildman–Crippen LogP) is 5.39. The maximum atomic E-state index is 14.2. The number of carbonyl (C=O) groups is 3. The number of aliphatic imine (C=N–C) groups is 1. The van der Waals surface area contributed by atoms with Gasteiger partial charge in [-0.1, -0.05) is 64.1 Å². The summed E-state index contributed by atoms with van der Waals surface area (Å²) in [4.78, 5) is 44.6. The zero-order chi connectivity index (χ0) is 27.4. The molecule has 2 aromatic rings. The van der Waals surface area contributed by atoms with E-state index in [1.54, 1.807) is 12.1 Å². The largest absolute Gasteiger partial charge is 0.481 e. The third-order valence-electron chi connectivity index (χ3n) is 7.86. The fourth-order valence-electron chi connectivity index (χ4n) is 6.28. The predicted molar refractivity (Wildman–Crippen MR) is 148 cm³/mol. The van der Waals surface area contributed by atoms with Gasteiger partial charge in [-0.3, -0.25) is 19.4 Å². The molecule has 202 valence electrons. The summed E-state index contributed by atoms with van der Waals surface area (Å²) in [7, 11) is 0. The van der Waals surface area contributed by atoms with E-state index in [1.165, 1.54) is 5.56 Å². The molecular weight excluding hydrogens is 478 g/mol. The maximum absolute atomic E-state index is 14.2. The summed E-state index contributed by atoms with van der Waals surface area (Å²) >= 11 is 0. The first-order valence-electron chi connectivity index (χ1n) is 13.8. The number of carboxylic acid groups (broad SMARTS) is 1. The van der Waals surface area contributed by atoms with Crippen LogP contribution in [0.4, 0.5) is 0 Å². The van der Waals surface area contributed by atoms with Crippen LogP contribution in [-0.2, 0) is 16.0 Å². The van der Waals surface area contributed by atoms with Gasteiger partial charge in [-0.05, 0) is 67.2 Å². The highest BCUT2D eigenvalue weighted by Crippen LogP contribution is 2.48. The lowest BCUT2D eigenvalue weighted by atomic mass is 9.75. The van der Waals surface area contributed by atoms with E-state index in [0.717, 1.165) is 43.2 Å². The van der Waals surface area contributed by atoms with E-state index in [2.05, 4.69) is 45.1 Å². The van der Waals surface area contributed by atoms with Gasteiger partial charge in [-0.15, -0.1) is 0 Å². The average Bonchev–Trinajstić information content (AvgIpc) is 3.14. The van der Waals surface area contributed by atoms with Gasteiger partial charge in [0, 0.05) is 17.7 Å². The van der Waals surface area contributed by atoms with Gasteiger partial charge in [0.1, 0.15) is 11.4 Å². The van der Waals surface area contributed by atoms with Crippen LogP contribution in [0.15, 0.2) is 53.5 Å². The Morgan fingerprint density at radius 3 is 2.24 bits per heavy atom.